The molecule has 4 rings (SSSR count). The Labute approximate surface area is 186 Å². The van der Waals surface area contributed by atoms with Gasteiger partial charge in [-0.2, -0.15) is 0 Å². The molecule has 4 amide bonds. The summed E-state index contributed by atoms with van der Waals surface area (Å²) in [5.41, 5.74) is -0.221. The largest absolute Gasteiger partial charge is 0.325 e. The minimum atomic E-state index is -3.85. The van der Waals surface area contributed by atoms with Crippen LogP contribution in [-0.4, -0.2) is 50.3 Å². The van der Waals surface area contributed by atoms with Crippen molar-refractivity contribution < 1.29 is 22.8 Å². The fourth-order valence-corrected chi connectivity index (χ4v) is 5.05. The minimum Gasteiger partial charge on any atom is -0.324 e. The Bertz CT molecular complexity index is 1180. The van der Waals surface area contributed by atoms with Gasteiger partial charge in [0.1, 0.15) is 12.1 Å². The molecule has 2 N–H and O–H groups in total. The summed E-state index contributed by atoms with van der Waals surface area (Å²) in [6, 6.07) is 13.9. The van der Waals surface area contributed by atoms with Crippen molar-refractivity contribution in [2.75, 3.05) is 23.2 Å². The monoisotopic (exact) mass is 456 g/mol. The number of nitrogens with one attached hydrogen (secondary N) is 2. The van der Waals surface area contributed by atoms with Crippen LogP contribution in [0.25, 0.3) is 0 Å². The second kappa shape index (κ2) is 7.94. The van der Waals surface area contributed by atoms with Crippen molar-refractivity contribution in [1.82, 2.24) is 10.2 Å². The molecular weight excluding hydrogens is 432 g/mol. The average molecular weight is 457 g/mol. The van der Waals surface area contributed by atoms with Crippen LogP contribution < -0.4 is 14.9 Å². The van der Waals surface area contributed by atoms with E-state index in [2.05, 4.69) is 10.6 Å². The molecule has 0 aromatic heterocycles. The molecule has 1 atom stereocenters. The van der Waals surface area contributed by atoms with Crippen LogP contribution in [0.3, 0.4) is 0 Å². The Morgan fingerprint density at radius 2 is 1.84 bits per heavy atom. The van der Waals surface area contributed by atoms with E-state index in [1.54, 1.807) is 43.3 Å². The van der Waals surface area contributed by atoms with Crippen LogP contribution in [0.5, 0.6) is 0 Å². The maximum absolute atomic E-state index is 13.0. The van der Waals surface area contributed by atoms with Gasteiger partial charge in [0.15, 0.2) is 0 Å². The highest BCUT2D eigenvalue weighted by molar-refractivity contribution is 7.92. The van der Waals surface area contributed by atoms with Gasteiger partial charge in [0.05, 0.1) is 10.6 Å². The molecule has 0 radical (unpaired) electrons. The second-order valence-electron chi connectivity index (χ2n) is 8.18. The van der Waals surface area contributed by atoms with E-state index in [1.165, 1.54) is 25.2 Å². The topological polar surface area (TPSA) is 116 Å². The van der Waals surface area contributed by atoms with Crippen molar-refractivity contribution in [3.05, 3.63) is 54.6 Å². The number of hydrogen-bond acceptors (Lipinski definition) is 5. The number of carbonyl (C=O) groups is 3. The van der Waals surface area contributed by atoms with E-state index >= 15 is 0 Å². The third kappa shape index (κ3) is 3.93. The highest BCUT2D eigenvalue weighted by atomic mass is 32.2. The summed E-state index contributed by atoms with van der Waals surface area (Å²) in [6.45, 7) is 1.23. The number of nitrogens with zero attached hydrogens (tertiary/aromatic N) is 2. The van der Waals surface area contributed by atoms with Crippen molar-refractivity contribution >= 4 is 39.2 Å². The molecule has 168 valence electrons. The molecule has 2 aromatic carbocycles. The summed E-state index contributed by atoms with van der Waals surface area (Å²) in [4.78, 5) is 38.4. The lowest BCUT2D eigenvalue weighted by molar-refractivity contribution is -0.134. The first kappa shape index (κ1) is 21.8. The molecule has 2 aromatic rings. The molecule has 10 heteroatoms. The van der Waals surface area contributed by atoms with E-state index in [0.29, 0.717) is 5.69 Å². The Morgan fingerprint density at radius 1 is 1.16 bits per heavy atom. The second-order valence-corrected chi connectivity index (χ2v) is 10.2. The van der Waals surface area contributed by atoms with Crippen molar-refractivity contribution in [3.8, 4) is 0 Å². The Hall–Kier alpha value is -3.40. The number of anilines is 2. The number of para-hydroxylation sites is 1. The number of amides is 4. The van der Waals surface area contributed by atoms with Gasteiger partial charge >= 0.3 is 6.03 Å². The number of imide groups is 1. The van der Waals surface area contributed by atoms with Crippen LogP contribution in [0.4, 0.5) is 16.2 Å². The van der Waals surface area contributed by atoms with Crippen LogP contribution in [0, 0.1) is 5.92 Å². The minimum absolute atomic E-state index is 0.00189. The van der Waals surface area contributed by atoms with Gasteiger partial charge in [-0.25, -0.2) is 13.2 Å². The van der Waals surface area contributed by atoms with Crippen molar-refractivity contribution in [2.45, 2.75) is 30.2 Å². The molecule has 32 heavy (non-hydrogen) atoms. The standard InChI is InChI=1S/C22H24N4O5S/c1-22(15-11-12-15)20(28)26(21(29)24-22)14-19(27)23-16-7-6-10-18(13-16)32(30,31)25(2)17-8-4-3-5-9-17/h3-10,13,15H,11-12,14H2,1-2H3,(H,23,27)(H,24,29). The molecular formula is C22H24N4O5S. The molecule has 1 saturated carbocycles. The SMILES string of the molecule is CN(c1ccccc1)S(=O)(=O)c1cccc(NC(=O)CN2C(=O)NC(C)(C3CC3)C2=O)c1. The summed E-state index contributed by atoms with van der Waals surface area (Å²) in [7, 11) is -2.41. The van der Waals surface area contributed by atoms with Crippen LogP contribution in [-0.2, 0) is 19.6 Å². The van der Waals surface area contributed by atoms with Crippen LogP contribution in [0.15, 0.2) is 59.5 Å². The number of urea groups is 1. The first-order valence-electron chi connectivity index (χ1n) is 10.2. The summed E-state index contributed by atoms with van der Waals surface area (Å²) < 4.78 is 27.1. The molecule has 9 nitrogen and oxygen atoms in total. The van der Waals surface area contributed by atoms with Gasteiger partial charge in [-0.3, -0.25) is 18.8 Å². The zero-order chi connectivity index (χ0) is 23.1. The number of benzene rings is 2. The first-order chi connectivity index (χ1) is 15.1. The Kier molecular flexibility index (Phi) is 5.41. The quantitative estimate of drug-likeness (QED) is 0.620. The number of hydrogen-bond donors (Lipinski definition) is 2. The number of carbonyl (C=O) groups excluding carboxylic acids is 3. The maximum atomic E-state index is 13.0. The fraction of sp³-hybridized carbons (Fsp3) is 0.318. The summed E-state index contributed by atoms with van der Waals surface area (Å²) in [5.74, 6) is -0.920. The molecule has 0 bridgehead atoms. The van der Waals surface area contributed by atoms with E-state index in [4.69, 9.17) is 0 Å². The van der Waals surface area contributed by atoms with E-state index < -0.39 is 40.0 Å². The molecule has 1 heterocycles. The molecule has 1 unspecified atom stereocenters. The zero-order valence-corrected chi connectivity index (χ0v) is 18.6. The fourth-order valence-electron chi connectivity index (χ4n) is 3.81. The van der Waals surface area contributed by atoms with Crippen LogP contribution in [0.2, 0.25) is 0 Å². The van der Waals surface area contributed by atoms with Gasteiger partial charge < -0.3 is 10.6 Å². The van der Waals surface area contributed by atoms with Gasteiger partial charge in [-0.15, -0.1) is 0 Å². The third-order valence-electron chi connectivity index (χ3n) is 5.89. The van der Waals surface area contributed by atoms with Gasteiger partial charge in [-0.05, 0) is 56.0 Å². The molecule has 2 fully saturated rings. The van der Waals surface area contributed by atoms with Crippen molar-refractivity contribution in [3.63, 3.8) is 0 Å². The number of sulfonamides is 1. The van der Waals surface area contributed by atoms with E-state index in [9.17, 15) is 22.8 Å². The van der Waals surface area contributed by atoms with Gasteiger partial charge in [0.25, 0.3) is 15.9 Å². The van der Waals surface area contributed by atoms with Crippen molar-refractivity contribution in [2.24, 2.45) is 5.92 Å². The van der Waals surface area contributed by atoms with Gasteiger partial charge in [-0.1, -0.05) is 24.3 Å². The zero-order valence-electron chi connectivity index (χ0n) is 17.7. The summed E-state index contributed by atoms with van der Waals surface area (Å²) >= 11 is 0. The predicted molar refractivity (Wildman–Crippen MR) is 118 cm³/mol. The third-order valence-corrected chi connectivity index (χ3v) is 7.67. The van der Waals surface area contributed by atoms with E-state index in [-0.39, 0.29) is 16.5 Å². The molecule has 1 aliphatic heterocycles. The smallest absolute Gasteiger partial charge is 0.324 e. The Morgan fingerprint density at radius 3 is 2.50 bits per heavy atom. The molecule has 2 aliphatic rings. The number of rotatable bonds is 7. The van der Waals surface area contributed by atoms with Gasteiger partial charge in [0.2, 0.25) is 5.91 Å². The first-order valence-corrected chi connectivity index (χ1v) is 11.6. The molecule has 1 aliphatic carbocycles. The van der Waals surface area contributed by atoms with Crippen LogP contribution in [0.1, 0.15) is 19.8 Å². The lowest BCUT2D eigenvalue weighted by Gasteiger charge is -2.21. The van der Waals surface area contributed by atoms with Crippen LogP contribution >= 0.6 is 0 Å². The highest BCUT2D eigenvalue weighted by Crippen LogP contribution is 2.42. The highest BCUT2D eigenvalue weighted by Gasteiger charge is 2.56. The Balaban J connectivity index is 1.47. The lowest BCUT2D eigenvalue weighted by Crippen LogP contribution is -2.46. The normalized spacial score (nSPS) is 20.8. The van der Waals surface area contributed by atoms with E-state index in [0.717, 1.165) is 22.0 Å². The van der Waals surface area contributed by atoms with Gasteiger partial charge in [0, 0.05) is 12.7 Å². The predicted octanol–water partition coefficient (Wildman–Crippen LogP) is 2.17. The molecule has 0 spiro atoms. The van der Waals surface area contributed by atoms with Crippen molar-refractivity contribution in [1.29, 1.82) is 0 Å². The molecule has 1 saturated heterocycles. The average Bonchev–Trinajstić information content (AvgIpc) is 3.60. The summed E-state index contributed by atoms with van der Waals surface area (Å²) in [5, 5.41) is 5.27. The maximum Gasteiger partial charge on any atom is 0.325 e. The van der Waals surface area contributed by atoms with E-state index in [1.807, 2.05) is 0 Å². The lowest BCUT2D eigenvalue weighted by atomic mass is 9.96. The summed E-state index contributed by atoms with van der Waals surface area (Å²) in [6.07, 6.45) is 1.72.